The van der Waals surface area contributed by atoms with Crippen molar-refractivity contribution in [1.29, 1.82) is 0 Å². The first-order valence-electron chi connectivity index (χ1n) is 9.08. The van der Waals surface area contributed by atoms with E-state index in [1.54, 1.807) is 42.5 Å². The lowest BCUT2D eigenvalue weighted by atomic mass is 10.0. The number of fused-ring (bicyclic) bond motifs is 1. The van der Waals surface area contributed by atoms with Gasteiger partial charge in [-0.3, -0.25) is 4.79 Å². The van der Waals surface area contributed by atoms with E-state index in [0.29, 0.717) is 27.2 Å². The SMILES string of the molecule is CC(C)(C)NC(=O)COC(=O)c1cc(-c2ccc(Cl)c(Cl)c2Cl)nc2ccccc12. The number of nitrogens with one attached hydrogen (secondary N) is 1. The Kier molecular flexibility index (Phi) is 6.56. The summed E-state index contributed by atoms with van der Waals surface area (Å²) in [6, 6.07) is 12.0. The van der Waals surface area contributed by atoms with Crippen LogP contribution in [0.4, 0.5) is 0 Å². The topological polar surface area (TPSA) is 68.3 Å². The van der Waals surface area contributed by atoms with Crippen LogP contribution >= 0.6 is 34.8 Å². The largest absolute Gasteiger partial charge is 0.452 e. The van der Waals surface area contributed by atoms with Gasteiger partial charge in [0.25, 0.3) is 5.91 Å². The van der Waals surface area contributed by atoms with Gasteiger partial charge < -0.3 is 10.1 Å². The van der Waals surface area contributed by atoms with Crippen molar-refractivity contribution < 1.29 is 14.3 Å². The van der Waals surface area contributed by atoms with Crippen molar-refractivity contribution in [3.63, 3.8) is 0 Å². The van der Waals surface area contributed by atoms with Gasteiger partial charge in [-0.05, 0) is 45.0 Å². The molecule has 0 aliphatic carbocycles. The van der Waals surface area contributed by atoms with Crippen LogP contribution in [0, 0.1) is 0 Å². The molecule has 1 aromatic heterocycles. The molecule has 1 heterocycles. The zero-order valence-corrected chi connectivity index (χ0v) is 18.8. The summed E-state index contributed by atoms with van der Waals surface area (Å²) in [5, 5.41) is 4.09. The number of ether oxygens (including phenoxy) is 1. The number of hydrogen-bond donors (Lipinski definition) is 1. The number of pyridine rings is 1. The fourth-order valence-electron chi connectivity index (χ4n) is 2.87. The van der Waals surface area contributed by atoms with Gasteiger partial charge in [-0.25, -0.2) is 9.78 Å². The Hall–Kier alpha value is -2.34. The van der Waals surface area contributed by atoms with Crippen LogP contribution in [0.2, 0.25) is 15.1 Å². The molecule has 0 unspecified atom stereocenters. The van der Waals surface area contributed by atoms with E-state index in [9.17, 15) is 9.59 Å². The molecule has 0 spiro atoms. The highest BCUT2D eigenvalue weighted by molar-refractivity contribution is 6.49. The van der Waals surface area contributed by atoms with Crippen LogP contribution in [0.15, 0.2) is 42.5 Å². The number of hydrogen-bond acceptors (Lipinski definition) is 4. The molecule has 0 bridgehead atoms. The molecule has 3 rings (SSSR count). The van der Waals surface area contributed by atoms with Crippen LogP contribution in [-0.4, -0.2) is 29.0 Å². The van der Waals surface area contributed by atoms with E-state index in [1.807, 2.05) is 20.8 Å². The van der Waals surface area contributed by atoms with Crippen molar-refractivity contribution in [2.75, 3.05) is 6.61 Å². The molecule has 0 saturated carbocycles. The first-order valence-corrected chi connectivity index (χ1v) is 10.2. The highest BCUT2D eigenvalue weighted by atomic mass is 35.5. The minimum atomic E-state index is -0.643. The molecule has 156 valence electrons. The number of rotatable bonds is 4. The molecule has 0 aliphatic rings. The van der Waals surface area contributed by atoms with Crippen LogP contribution in [-0.2, 0) is 9.53 Å². The predicted octanol–water partition coefficient (Wildman–Crippen LogP) is 5.93. The standard InChI is InChI=1S/C22H19Cl3N2O3/c1-22(2,3)27-18(28)11-30-21(29)14-10-17(26-16-7-5-4-6-12(14)16)13-8-9-15(23)20(25)19(13)24/h4-10H,11H2,1-3H3,(H,27,28). The minimum absolute atomic E-state index is 0.203. The van der Waals surface area contributed by atoms with E-state index in [2.05, 4.69) is 10.3 Å². The smallest absolute Gasteiger partial charge is 0.339 e. The minimum Gasteiger partial charge on any atom is -0.452 e. The van der Waals surface area contributed by atoms with Crippen molar-refractivity contribution >= 4 is 57.6 Å². The van der Waals surface area contributed by atoms with Crippen molar-refractivity contribution in [3.8, 4) is 11.3 Å². The Morgan fingerprint density at radius 3 is 2.43 bits per heavy atom. The molecule has 1 N–H and O–H groups in total. The Bertz CT molecular complexity index is 1140. The van der Waals surface area contributed by atoms with Crippen LogP contribution in [0.5, 0.6) is 0 Å². The summed E-state index contributed by atoms with van der Waals surface area (Å²) in [5.74, 6) is -1.03. The van der Waals surface area contributed by atoms with Crippen LogP contribution in [0.25, 0.3) is 22.2 Å². The number of esters is 1. The second-order valence-electron chi connectivity index (χ2n) is 7.67. The molecule has 2 aromatic carbocycles. The Morgan fingerprint density at radius 1 is 1.03 bits per heavy atom. The number of para-hydroxylation sites is 1. The van der Waals surface area contributed by atoms with E-state index >= 15 is 0 Å². The number of carbonyl (C=O) groups is 2. The van der Waals surface area contributed by atoms with Crippen molar-refractivity contribution in [2.24, 2.45) is 0 Å². The molecular weight excluding hydrogens is 447 g/mol. The average molecular weight is 466 g/mol. The number of benzene rings is 2. The lowest BCUT2D eigenvalue weighted by Gasteiger charge is -2.20. The molecule has 0 saturated heterocycles. The Labute approximate surface area is 189 Å². The van der Waals surface area contributed by atoms with Crippen LogP contribution < -0.4 is 5.32 Å². The number of nitrogens with zero attached hydrogens (tertiary/aromatic N) is 1. The number of aromatic nitrogens is 1. The summed E-state index contributed by atoms with van der Waals surface area (Å²) in [6.45, 7) is 5.14. The quantitative estimate of drug-likeness (QED) is 0.383. The molecule has 0 radical (unpaired) electrons. The summed E-state index contributed by atoms with van der Waals surface area (Å²) in [4.78, 5) is 29.4. The van der Waals surface area contributed by atoms with Gasteiger partial charge in [0.15, 0.2) is 6.61 Å². The first kappa shape index (κ1) is 22.3. The fourth-order valence-corrected chi connectivity index (χ4v) is 3.50. The molecule has 8 heteroatoms. The third kappa shape index (κ3) is 5.04. The van der Waals surface area contributed by atoms with E-state index in [-0.39, 0.29) is 21.5 Å². The summed E-state index contributed by atoms with van der Waals surface area (Å²) >= 11 is 18.5. The summed E-state index contributed by atoms with van der Waals surface area (Å²) in [5.41, 5.74) is 1.37. The molecule has 3 aromatic rings. The van der Waals surface area contributed by atoms with Gasteiger partial charge in [0.2, 0.25) is 0 Å². The second kappa shape index (κ2) is 8.80. The molecule has 30 heavy (non-hydrogen) atoms. The maximum atomic E-state index is 12.8. The predicted molar refractivity (Wildman–Crippen MR) is 120 cm³/mol. The molecule has 0 atom stereocenters. The van der Waals surface area contributed by atoms with Gasteiger partial charge in [0.05, 0.1) is 31.8 Å². The van der Waals surface area contributed by atoms with E-state index in [1.165, 1.54) is 0 Å². The van der Waals surface area contributed by atoms with E-state index < -0.39 is 18.1 Å². The second-order valence-corrected chi connectivity index (χ2v) is 8.83. The lowest BCUT2D eigenvalue weighted by molar-refractivity contribution is -0.125. The highest BCUT2D eigenvalue weighted by Crippen LogP contribution is 2.38. The van der Waals surface area contributed by atoms with Gasteiger partial charge in [0, 0.05) is 16.5 Å². The Balaban J connectivity index is 1.99. The molecule has 0 fully saturated rings. The molecule has 0 aliphatic heterocycles. The summed E-state index contributed by atoms with van der Waals surface area (Å²) in [7, 11) is 0. The summed E-state index contributed by atoms with van der Waals surface area (Å²) < 4.78 is 5.25. The normalized spacial score (nSPS) is 11.4. The third-order valence-electron chi connectivity index (χ3n) is 4.10. The van der Waals surface area contributed by atoms with Gasteiger partial charge in [-0.15, -0.1) is 0 Å². The molecular formula is C22H19Cl3N2O3. The number of carbonyl (C=O) groups excluding carboxylic acids is 2. The first-order chi connectivity index (χ1) is 14.1. The molecule has 5 nitrogen and oxygen atoms in total. The average Bonchev–Trinajstić information content (AvgIpc) is 2.68. The van der Waals surface area contributed by atoms with Crippen molar-refractivity contribution in [3.05, 3.63) is 63.1 Å². The number of halogens is 3. The van der Waals surface area contributed by atoms with Crippen LogP contribution in [0.3, 0.4) is 0 Å². The van der Waals surface area contributed by atoms with Crippen molar-refractivity contribution in [2.45, 2.75) is 26.3 Å². The fraction of sp³-hybridized carbons (Fsp3) is 0.227. The van der Waals surface area contributed by atoms with Gasteiger partial charge in [-0.1, -0.05) is 53.0 Å². The maximum absolute atomic E-state index is 12.8. The molecule has 1 amide bonds. The van der Waals surface area contributed by atoms with Crippen LogP contribution in [0.1, 0.15) is 31.1 Å². The maximum Gasteiger partial charge on any atom is 0.339 e. The zero-order chi connectivity index (χ0) is 22.1. The van der Waals surface area contributed by atoms with Crippen molar-refractivity contribution in [1.82, 2.24) is 10.3 Å². The van der Waals surface area contributed by atoms with Gasteiger partial charge in [-0.2, -0.15) is 0 Å². The summed E-state index contributed by atoms with van der Waals surface area (Å²) in [6.07, 6.45) is 0. The zero-order valence-electron chi connectivity index (χ0n) is 16.6. The Morgan fingerprint density at radius 2 is 1.73 bits per heavy atom. The van der Waals surface area contributed by atoms with Gasteiger partial charge >= 0.3 is 5.97 Å². The lowest BCUT2D eigenvalue weighted by Crippen LogP contribution is -2.42. The van der Waals surface area contributed by atoms with E-state index in [4.69, 9.17) is 39.5 Å². The third-order valence-corrected chi connectivity index (χ3v) is 5.39. The highest BCUT2D eigenvalue weighted by Gasteiger charge is 2.20. The van der Waals surface area contributed by atoms with E-state index in [0.717, 1.165) is 0 Å². The number of amides is 1. The van der Waals surface area contributed by atoms with Gasteiger partial charge in [0.1, 0.15) is 0 Å². The monoisotopic (exact) mass is 464 g/mol.